The van der Waals surface area contributed by atoms with Crippen molar-refractivity contribution < 1.29 is 14.4 Å². The summed E-state index contributed by atoms with van der Waals surface area (Å²) >= 11 is 12.8. The number of nitrogens with one attached hydrogen (secondary N) is 2. The summed E-state index contributed by atoms with van der Waals surface area (Å²) in [4.78, 5) is 41.6. The standard InChI is InChI=1S/C22H18Cl2N4O3/c23-15-9-13(26-20(29)11-1-2-11)10-16(24)18(15)22(31)28-8-6-14-17(28)5-7-25-19(14)27-21(30)12-3-4-12/h5-12H,1-4H2,(H,26,29)(H,25,27,30). The summed E-state index contributed by atoms with van der Waals surface area (Å²) in [6, 6.07) is 6.45. The third-order valence-corrected chi connectivity index (χ3v) is 6.09. The van der Waals surface area contributed by atoms with Crippen molar-refractivity contribution >= 4 is 63.3 Å². The first kappa shape index (κ1) is 20.0. The molecule has 2 aliphatic carbocycles. The second-order valence-corrected chi connectivity index (χ2v) is 8.74. The van der Waals surface area contributed by atoms with Crippen LogP contribution in [0.4, 0.5) is 11.5 Å². The van der Waals surface area contributed by atoms with Crippen LogP contribution in [0, 0.1) is 11.8 Å². The average Bonchev–Trinajstić information content (AvgIpc) is 3.63. The zero-order chi connectivity index (χ0) is 21.7. The normalized spacial score (nSPS) is 15.7. The quantitative estimate of drug-likeness (QED) is 0.580. The van der Waals surface area contributed by atoms with E-state index < -0.39 is 5.91 Å². The van der Waals surface area contributed by atoms with Gasteiger partial charge in [-0.25, -0.2) is 4.98 Å². The number of anilines is 2. The molecular formula is C22H18Cl2N4O3. The van der Waals surface area contributed by atoms with E-state index in [0.717, 1.165) is 25.7 Å². The van der Waals surface area contributed by atoms with Crippen LogP contribution in [0.3, 0.4) is 0 Å². The molecule has 9 heteroatoms. The number of hydrogen-bond donors (Lipinski definition) is 2. The summed E-state index contributed by atoms with van der Waals surface area (Å²) in [5.74, 6) is -0.0671. The molecule has 0 aliphatic heterocycles. The number of halogens is 2. The van der Waals surface area contributed by atoms with E-state index in [0.29, 0.717) is 22.4 Å². The highest BCUT2D eigenvalue weighted by Gasteiger charge is 2.31. The lowest BCUT2D eigenvalue weighted by atomic mass is 10.1. The number of carbonyl (C=O) groups excluding carboxylic acids is 3. The monoisotopic (exact) mass is 456 g/mol. The molecule has 2 saturated carbocycles. The maximum absolute atomic E-state index is 13.3. The molecule has 0 spiro atoms. The number of pyridine rings is 1. The predicted molar refractivity (Wildman–Crippen MR) is 119 cm³/mol. The Morgan fingerprint density at radius 2 is 1.55 bits per heavy atom. The molecule has 0 saturated heterocycles. The molecule has 31 heavy (non-hydrogen) atoms. The number of benzene rings is 1. The summed E-state index contributed by atoms with van der Waals surface area (Å²) in [5.41, 5.74) is 1.16. The summed E-state index contributed by atoms with van der Waals surface area (Å²) in [7, 11) is 0. The van der Waals surface area contributed by atoms with Crippen molar-refractivity contribution in [2.75, 3.05) is 10.6 Å². The summed E-state index contributed by atoms with van der Waals surface area (Å²) in [6.45, 7) is 0. The van der Waals surface area contributed by atoms with Crippen molar-refractivity contribution in [1.82, 2.24) is 9.55 Å². The van der Waals surface area contributed by atoms with Crippen LogP contribution < -0.4 is 10.6 Å². The molecule has 158 valence electrons. The van der Waals surface area contributed by atoms with Crippen molar-refractivity contribution in [3.63, 3.8) is 0 Å². The number of carbonyl (C=O) groups is 3. The highest BCUT2D eigenvalue weighted by Crippen LogP contribution is 2.35. The molecule has 0 bridgehead atoms. The molecule has 1 aromatic carbocycles. The zero-order valence-corrected chi connectivity index (χ0v) is 17.8. The van der Waals surface area contributed by atoms with Crippen molar-refractivity contribution in [2.24, 2.45) is 11.8 Å². The molecule has 2 N–H and O–H groups in total. The maximum atomic E-state index is 13.3. The lowest BCUT2D eigenvalue weighted by molar-refractivity contribution is -0.118. The number of nitrogens with zero attached hydrogens (tertiary/aromatic N) is 2. The van der Waals surface area contributed by atoms with Gasteiger partial charge in [-0.15, -0.1) is 0 Å². The number of hydrogen-bond acceptors (Lipinski definition) is 4. The fourth-order valence-electron chi connectivity index (χ4n) is 3.47. The topological polar surface area (TPSA) is 93.1 Å². The minimum absolute atomic E-state index is 0.0355. The summed E-state index contributed by atoms with van der Waals surface area (Å²) in [6.07, 6.45) is 6.65. The lowest BCUT2D eigenvalue weighted by Crippen LogP contribution is -2.16. The van der Waals surface area contributed by atoms with Crippen LogP contribution >= 0.6 is 23.2 Å². The van der Waals surface area contributed by atoms with Crippen molar-refractivity contribution in [1.29, 1.82) is 0 Å². The van der Waals surface area contributed by atoms with E-state index in [9.17, 15) is 14.4 Å². The largest absolute Gasteiger partial charge is 0.326 e. The van der Waals surface area contributed by atoms with Gasteiger partial charge in [0.2, 0.25) is 11.8 Å². The summed E-state index contributed by atoms with van der Waals surface area (Å²) in [5, 5.41) is 6.54. The van der Waals surface area contributed by atoms with Crippen LogP contribution in [0.1, 0.15) is 36.0 Å². The van der Waals surface area contributed by atoms with Crippen LogP contribution in [0.5, 0.6) is 0 Å². The number of amides is 2. The molecule has 2 aliphatic rings. The first-order chi connectivity index (χ1) is 14.9. The van der Waals surface area contributed by atoms with E-state index in [1.807, 2.05) is 0 Å². The molecule has 5 rings (SSSR count). The zero-order valence-electron chi connectivity index (χ0n) is 16.3. The maximum Gasteiger partial charge on any atom is 0.265 e. The first-order valence-corrected chi connectivity index (χ1v) is 10.8. The number of rotatable bonds is 5. The van der Waals surface area contributed by atoms with Gasteiger partial charge in [-0.2, -0.15) is 0 Å². The Balaban J connectivity index is 1.45. The van der Waals surface area contributed by atoms with Gasteiger partial charge in [0, 0.05) is 35.3 Å². The Labute approximate surface area is 187 Å². The van der Waals surface area contributed by atoms with Crippen LogP contribution in [0.25, 0.3) is 10.9 Å². The van der Waals surface area contributed by atoms with Gasteiger partial charge in [-0.1, -0.05) is 23.2 Å². The molecule has 3 aromatic rings. The van der Waals surface area contributed by atoms with Crippen molar-refractivity contribution in [2.45, 2.75) is 25.7 Å². The van der Waals surface area contributed by atoms with Crippen LogP contribution in [-0.2, 0) is 9.59 Å². The second-order valence-electron chi connectivity index (χ2n) is 7.93. The number of aromatic nitrogens is 2. The average molecular weight is 457 g/mol. The molecule has 2 fully saturated rings. The SMILES string of the molecule is O=C(Nc1cc(Cl)c(C(=O)n2ccc3c(NC(=O)C4CC4)nccc32)c(Cl)c1)C1CC1. The van der Waals surface area contributed by atoms with E-state index in [1.54, 1.807) is 18.3 Å². The molecule has 0 radical (unpaired) electrons. The van der Waals surface area contributed by atoms with Gasteiger partial charge in [0.1, 0.15) is 5.82 Å². The van der Waals surface area contributed by atoms with Crippen molar-refractivity contribution in [3.8, 4) is 0 Å². The fourth-order valence-corrected chi connectivity index (χ4v) is 4.12. The Bertz CT molecular complexity index is 1220. The van der Waals surface area contributed by atoms with Crippen LogP contribution in [-0.4, -0.2) is 27.3 Å². The summed E-state index contributed by atoms with van der Waals surface area (Å²) < 4.78 is 1.42. The Hall–Kier alpha value is -2.90. The third kappa shape index (κ3) is 3.91. The highest BCUT2D eigenvalue weighted by atomic mass is 35.5. The van der Waals surface area contributed by atoms with Gasteiger partial charge in [0.05, 0.1) is 21.1 Å². The highest BCUT2D eigenvalue weighted by molar-refractivity contribution is 6.40. The Morgan fingerprint density at radius 1 is 0.935 bits per heavy atom. The van der Waals surface area contributed by atoms with Gasteiger partial charge in [-0.3, -0.25) is 19.0 Å². The van der Waals surface area contributed by atoms with E-state index in [2.05, 4.69) is 15.6 Å². The van der Waals surface area contributed by atoms with Crippen LogP contribution in [0.2, 0.25) is 10.0 Å². The van der Waals surface area contributed by atoms with E-state index in [-0.39, 0.29) is 39.3 Å². The third-order valence-electron chi connectivity index (χ3n) is 5.50. The fraction of sp³-hybridized carbons (Fsp3) is 0.273. The molecule has 2 heterocycles. The molecule has 2 amide bonds. The second kappa shape index (κ2) is 7.66. The van der Waals surface area contributed by atoms with Crippen molar-refractivity contribution in [3.05, 3.63) is 52.3 Å². The number of fused-ring (bicyclic) bond motifs is 1. The molecular weight excluding hydrogens is 439 g/mol. The van der Waals surface area contributed by atoms with Crippen LogP contribution in [0.15, 0.2) is 36.7 Å². The van der Waals surface area contributed by atoms with Gasteiger partial charge in [-0.05, 0) is 49.9 Å². The smallest absolute Gasteiger partial charge is 0.265 e. The lowest BCUT2D eigenvalue weighted by Gasteiger charge is -2.12. The van der Waals surface area contributed by atoms with Gasteiger partial charge in [0.25, 0.3) is 5.91 Å². The minimum atomic E-state index is -0.421. The Morgan fingerprint density at radius 3 is 2.16 bits per heavy atom. The Kier molecular flexibility index (Phi) is 4.95. The van der Waals surface area contributed by atoms with Gasteiger partial charge < -0.3 is 10.6 Å². The van der Waals surface area contributed by atoms with Gasteiger partial charge in [0.15, 0.2) is 0 Å². The van der Waals surface area contributed by atoms with Gasteiger partial charge >= 0.3 is 0 Å². The molecule has 0 atom stereocenters. The van der Waals surface area contributed by atoms with E-state index in [4.69, 9.17) is 23.2 Å². The first-order valence-electron chi connectivity index (χ1n) is 10.0. The predicted octanol–water partition coefficient (Wildman–Crippen LogP) is 4.73. The molecule has 7 nitrogen and oxygen atoms in total. The van der Waals surface area contributed by atoms with E-state index in [1.165, 1.54) is 22.9 Å². The minimum Gasteiger partial charge on any atom is -0.326 e. The molecule has 2 aromatic heterocycles. The molecule has 0 unspecified atom stereocenters. The van der Waals surface area contributed by atoms with E-state index >= 15 is 0 Å².